The third-order valence-electron chi connectivity index (χ3n) is 8.00. The fourth-order valence-corrected chi connectivity index (χ4v) is 6.44. The fraction of sp³-hybridized carbons (Fsp3) is 0.407. The average molecular weight is 446 g/mol. The van der Waals surface area contributed by atoms with Crippen molar-refractivity contribution in [2.45, 2.75) is 50.4 Å². The molecule has 6 nitrogen and oxygen atoms in total. The Bertz CT molecular complexity index is 1290. The first kappa shape index (κ1) is 20.3. The Labute approximate surface area is 191 Å². The molecular formula is C27H27NO5. The van der Waals surface area contributed by atoms with E-state index in [1.807, 2.05) is 24.4 Å². The van der Waals surface area contributed by atoms with E-state index in [9.17, 15) is 19.8 Å². The van der Waals surface area contributed by atoms with E-state index in [1.165, 1.54) is 24.8 Å². The molecule has 33 heavy (non-hydrogen) atoms. The van der Waals surface area contributed by atoms with E-state index < -0.39 is 29.7 Å². The Morgan fingerprint density at radius 2 is 1.88 bits per heavy atom. The number of nitrogens with zero attached hydrogens (tertiary/aromatic N) is 1. The Morgan fingerprint density at radius 1 is 1.09 bits per heavy atom. The summed E-state index contributed by atoms with van der Waals surface area (Å²) in [5.74, 6) is -2.21. The summed E-state index contributed by atoms with van der Waals surface area (Å²) < 4.78 is 7.82. The maximum atomic E-state index is 12.3. The summed E-state index contributed by atoms with van der Waals surface area (Å²) in [7, 11) is 1.66. The number of carboxylic acids is 2. The van der Waals surface area contributed by atoms with Gasteiger partial charge in [-0.3, -0.25) is 9.59 Å². The average Bonchev–Trinajstić information content (AvgIpc) is 3.45. The number of ether oxygens (including phenoxy) is 1. The molecule has 2 aromatic rings. The van der Waals surface area contributed by atoms with Crippen LogP contribution in [0.5, 0.6) is 5.75 Å². The van der Waals surface area contributed by atoms with Gasteiger partial charge in [0.2, 0.25) is 0 Å². The van der Waals surface area contributed by atoms with E-state index >= 15 is 0 Å². The largest absolute Gasteiger partial charge is 0.496 e. The fourth-order valence-electron chi connectivity index (χ4n) is 6.44. The summed E-state index contributed by atoms with van der Waals surface area (Å²) in [6.07, 6.45) is 12.1. The Kier molecular flexibility index (Phi) is 4.54. The van der Waals surface area contributed by atoms with E-state index in [0.717, 1.165) is 51.9 Å². The third kappa shape index (κ3) is 2.93. The molecule has 0 spiro atoms. The molecule has 2 saturated carbocycles. The molecule has 1 aromatic carbocycles. The topological polar surface area (TPSA) is 88.8 Å². The van der Waals surface area contributed by atoms with Gasteiger partial charge in [0.05, 0.1) is 18.5 Å². The molecular weight excluding hydrogens is 418 g/mol. The standard InChI is InChI=1S/C27H27NO5/c1-33-21-11-10-15(14-6-3-2-4-7-14)25-18(21)12-20-22-16(8-5-9-17(22)26(29)30)23-19(13-28(20)25)24(23)27(31)32/h5,8,10-14,17,22,24H,2-4,6-7,9H2,1H3,(H,29,30)(H,31,32)/t17-,22-,24?/m1/s1. The zero-order valence-electron chi connectivity index (χ0n) is 18.6. The minimum atomic E-state index is -0.877. The molecule has 4 aliphatic rings. The molecule has 170 valence electrons. The van der Waals surface area contributed by atoms with E-state index in [4.69, 9.17) is 4.74 Å². The first-order valence-corrected chi connectivity index (χ1v) is 11.8. The van der Waals surface area contributed by atoms with Crippen molar-refractivity contribution in [3.05, 3.63) is 58.3 Å². The van der Waals surface area contributed by atoms with Crippen LogP contribution in [0.2, 0.25) is 0 Å². The highest BCUT2D eigenvalue weighted by molar-refractivity contribution is 5.98. The number of hydrogen-bond donors (Lipinski definition) is 2. The summed E-state index contributed by atoms with van der Waals surface area (Å²) in [4.78, 5) is 24.3. The third-order valence-corrected chi connectivity index (χ3v) is 8.00. The van der Waals surface area contributed by atoms with Crippen molar-refractivity contribution < 1.29 is 24.5 Å². The summed E-state index contributed by atoms with van der Waals surface area (Å²) in [6, 6.07) is 6.26. The maximum Gasteiger partial charge on any atom is 0.315 e. The molecule has 3 atom stereocenters. The lowest BCUT2D eigenvalue weighted by Gasteiger charge is -2.28. The molecule has 1 unspecified atom stereocenters. The summed E-state index contributed by atoms with van der Waals surface area (Å²) in [6.45, 7) is 0. The number of aromatic nitrogens is 1. The number of methoxy groups -OCH3 is 1. The highest BCUT2D eigenvalue weighted by atomic mass is 16.5. The normalized spacial score (nSPS) is 26.2. The maximum absolute atomic E-state index is 12.3. The van der Waals surface area contributed by atoms with Gasteiger partial charge in [-0.05, 0) is 59.6 Å². The molecule has 0 saturated heterocycles. The monoisotopic (exact) mass is 445 g/mol. The van der Waals surface area contributed by atoms with Crippen LogP contribution < -0.4 is 4.74 Å². The van der Waals surface area contributed by atoms with E-state index in [-0.39, 0.29) is 0 Å². The summed E-state index contributed by atoms with van der Waals surface area (Å²) in [5, 5.41) is 20.9. The first-order valence-electron chi connectivity index (χ1n) is 11.8. The minimum absolute atomic E-state index is 0.392. The lowest BCUT2D eigenvalue weighted by atomic mass is 9.77. The van der Waals surface area contributed by atoms with Crippen LogP contribution in [0, 0.1) is 11.8 Å². The van der Waals surface area contributed by atoms with Crippen molar-refractivity contribution in [2.75, 3.05) is 7.11 Å². The van der Waals surface area contributed by atoms with Crippen LogP contribution in [0.4, 0.5) is 0 Å². The molecule has 2 fully saturated rings. The first-order chi connectivity index (χ1) is 16.0. The van der Waals surface area contributed by atoms with Crippen LogP contribution in [-0.2, 0) is 9.59 Å². The van der Waals surface area contributed by atoms with Crippen LogP contribution in [0.25, 0.3) is 17.1 Å². The molecule has 1 aliphatic heterocycles. The minimum Gasteiger partial charge on any atom is -0.496 e. The van der Waals surface area contributed by atoms with Crippen molar-refractivity contribution in [2.24, 2.45) is 11.8 Å². The number of hydrogen-bond acceptors (Lipinski definition) is 3. The van der Waals surface area contributed by atoms with Gasteiger partial charge < -0.3 is 19.5 Å². The zero-order chi connectivity index (χ0) is 22.9. The second kappa shape index (κ2) is 7.37. The Balaban J connectivity index is 1.66. The van der Waals surface area contributed by atoms with Gasteiger partial charge in [0.25, 0.3) is 0 Å². The van der Waals surface area contributed by atoms with Gasteiger partial charge in [-0.2, -0.15) is 0 Å². The Morgan fingerprint density at radius 3 is 2.58 bits per heavy atom. The second-order valence-electron chi connectivity index (χ2n) is 9.68. The zero-order valence-corrected chi connectivity index (χ0v) is 18.6. The number of allylic oxidation sites excluding steroid dienone is 3. The van der Waals surface area contributed by atoms with Crippen molar-refractivity contribution in [3.63, 3.8) is 0 Å². The SMILES string of the molecule is COc1ccc(C2CCCCC2)c2c1cc1n2C=C2C(=C3C=CC[C@@H](C(=O)O)[C@@H]31)C2C(=O)O. The van der Waals surface area contributed by atoms with Crippen molar-refractivity contribution in [3.8, 4) is 5.75 Å². The molecule has 6 rings (SSSR count). The predicted molar refractivity (Wildman–Crippen MR) is 124 cm³/mol. The van der Waals surface area contributed by atoms with Gasteiger partial charge in [-0.15, -0.1) is 0 Å². The molecule has 2 N–H and O–H groups in total. The van der Waals surface area contributed by atoms with Crippen LogP contribution in [0.15, 0.2) is 47.1 Å². The highest BCUT2D eigenvalue weighted by Gasteiger charge is 2.51. The van der Waals surface area contributed by atoms with Gasteiger partial charge in [0.1, 0.15) is 11.7 Å². The number of aliphatic carboxylic acids is 2. The van der Waals surface area contributed by atoms with Gasteiger partial charge in [0, 0.05) is 23.2 Å². The predicted octanol–water partition coefficient (Wildman–Crippen LogP) is 5.31. The second-order valence-corrected chi connectivity index (χ2v) is 9.68. The van der Waals surface area contributed by atoms with Gasteiger partial charge in [-0.1, -0.05) is 37.5 Å². The lowest BCUT2D eigenvalue weighted by molar-refractivity contribution is -0.142. The van der Waals surface area contributed by atoms with Crippen molar-refractivity contribution >= 4 is 29.0 Å². The molecule has 0 radical (unpaired) electrons. The molecule has 2 heterocycles. The van der Waals surface area contributed by atoms with Gasteiger partial charge >= 0.3 is 11.9 Å². The number of benzene rings is 1. The van der Waals surface area contributed by atoms with Crippen LogP contribution in [-0.4, -0.2) is 33.8 Å². The number of carboxylic acid groups (broad SMARTS) is 2. The lowest BCUT2D eigenvalue weighted by Crippen LogP contribution is -2.26. The summed E-state index contributed by atoms with van der Waals surface area (Å²) >= 11 is 0. The quantitative estimate of drug-likeness (QED) is 0.666. The van der Waals surface area contributed by atoms with E-state index in [0.29, 0.717) is 12.3 Å². The van der Waals surface area contributed by atoms with Crippen LogP contribution in [0.1, 0.15) is 61.6 Å². The van der Waals surface area contributed by atoms with Crippen molar-refractivity contribution in [1.82, 2.24) is 4.57 Å². The molecule has 1 aromatic heterocycles. The van der Waals surface area contributed by atoms with Crippen molar-refractivity contribution in [1.29, 1.82) is 0 Å². The number of carbonyl (C=O) groups is 2. The molecule has 6 heteroatoms. The number of rotatable bonds is 4. The molecule has 0 amide bonds. The van der Waals surface area contributed by atoms with E-state index in [2.05, 4.69) is 16.7 Å². The number of fused-ring (bicyclic) bond motifs is 6. The Hall–Kier alpha value is -3.28. The van der Waals surface area contributed by atoms with Crippen LogP contribution in [0.3, 0.4) is 0 Å². The van der Waals surface area contributed by atoms with E-state index in [1.54, 1.807) is 7.11 Å². The van der Waals surface area contributed by atoms with Crippen LogP contribution >= 0.6 is 0 Å². The molecule has 0 bridgehead atoms. The molecule has 3 aliphatic carbocycles. The smallest absolute Gasteiger partial charge is 0.315 e. The summed E-state index contributed by atoms with van der Waals surface area (Å²) in [5.41, 5.74) is 5.62. The highest BCUT2D eigenvalue weighted by Crippen LogP contribution is 2.57. The van der Waals surface area contributed by atoms with Gasteiger partial charge in [0.15, 0.2) is 0 Å². The van der Waals surface area contributed by atoms with Gasteiger partial charge in [-0.25, -0.2) is 0 Å².